The number of diazo groups is 1. The molecule has 4 aliphatic rings. The second-order valence-electron chi connectivity index (χ2n) is 5.83. The highest BCUT2D eigenvalue weighted by molar-refractivity contribution is 5.16. The van der Waals surface area contributed by atoms with Gasteiger partial charge in [0, 0.05) is 5.41 Å². The van der Waals surface area contributed by atoms with Crippen molar-refractivity contribution in [1.29, 1.82) is 5.39 Å². The standard InChI is InChI=1S/C12H16N2O/c13-14-7-11(15)12-4-8-1-9(5-12)3-10(2-8)6-12/h7-10H,1-6H2/p+1/b11-7-. The van der Waals surface area contributed by atoms with Crippen molar-refractivity contribution in [3.05, 3.63) is 16.9 Å². The van der Waals surface area contributed by atoms with Crippen LogP contribution >= 0.6 is 0 Å². The van der Waals surface area contributed by atoms with Gasteiger partial charge in [-0.05, 0) is 56.3 Å². The van der Waals surface area contributed by atoms with Crippen molar-refractivity contribution in [2.75, 3.05) is 0 Å². The molecule has 4 fully saturated rings. The SMILES string of the molecule is N#[N+]/C=C(\O)C12CC3CC(CC(C3)C1)C2. The quantitative estimate of drug-likeness (QED) is 0.526. The average Bonchev–Trinajstić information content (AvgIpc) is 2.15. The van der Waals surface area contributed by atoms with Crippen LogP contribution in [0.5, 0.6) is 0 Å². The van der Waals surface area contributed by atoms with Crippen LogP contribution in [0, 0.1) is 28.6 Å². The highest BCUT2D eigenvalue weighted by Crippen LogP contribution is 2.62. The number of hydrogen-bond donors (Lipinski definition) is 1. The zero-order valence-corrected chi connectivity index (χ0v) is 8.89. The van der Waals surface area contributed by atoms with Gasteiger partial charge in [0.1, 0.15) is 0 Å². The Morgan fingerprint density at radius 1 is 1.13 bits per heavy atom. The van der Waals surface area contributed by atoms with E-state index in [1.807, 2.05) is 0 Å². The fourth-order valence-electron chi connectivity index (χ4n) is 4.62. The van der Waals surface area contributed by atoms with Gasteiger partial charge in [0.05, 0.1) is 0 Å². The molecule has 3 heteroatoms. The average molecular weight is 205 g/mol. The molecule has 0 aromatic rings. The van der Waals surface area contributed by atoms with Gasteiger partial charge in [-0.2, -0.15) is 0 Å². The topological polar surface area (TPSA) is 48.4 Å². The summed E-state index contributed by atoms with van der Waals surface area (Å²) in [7, 11) is 0. The summed E-state index contributed by atoms with van der Waals surface area (Å²) in [6, 6.07) is 0. The lowest BCUT2D eigenvalue weighted by Crippen LogP contribution is -2.46. The molecule has 15 heavy (non-hydrogen) atoms. The predicted octanol–water partition coefficient (Wildman–Crippen LogP) is 3.46. The molecule has 0 aromatic carbocycles. The lowest BCUT2D eigenvalue weighted by molar-refractivity contribution is -0.0505. The van der Waals surface area contributed by atoms with Crippen LogP contribution in [-0.4, -0.2) is 5.11 Å². The van der Waals surface area contributed by atoms with E-state index in [0.717, 1.165) is 37.0 Å². The van der Waals surface area contributed by atoms with Gasteiger partial charge in [-0.15, -0.1) is 0 Å². The van der Waals surface area contributed by atoms with E-state index in [1.165, 1.54) is 25.5 Å². The Kier molecular flexibility index (Phi) is 1.83. The van der Waals surface area contributed by atoms with Crippen molar-refractivity contribution in [1.82, 2.24) is 0 Å². The first kappa shape index (κ1) is 9.21. The van der Waals surface area contributed by atoms with E-state index in [2.05, 4.69) is 4.98 Å². The first-order valence-corrected chi connectivity index (χ1v) is 5.96. The van der Waals surface area contributed by atoms with Crippen LogP contribution in [0.1, 0.15) is 38.5 Å². The maximum Gasteiger partial charge on any atom is 0.387 e. The van der Waals surface area contributed by atoms with Gasteiger partial charge in [-0.1, -0.05) is 0 Å². The van der Waals surface area contributed by atoms with Gasteiger partial charge < -0.3 is 5.11 Å². The van der Waals surface area contributed by atoms with Crippen LogP contribution in [-0.2, 0) is 0 Å². The van der Waals surface area contributed by atoms with Crippen molar-refractivity contribution in [3.63, 3.8) is 0 Å². The largest absolute Gasteiger partial charge is 0.505 e. The molecule has 0 heterocycles. The van der Waals surface area contributed by atoms with E-state index >= 15 is 0 Å². The van der Waals surface area contributed by atoms with Gasteiger partial charge in [-0.3, -0.25) is 0 Å². The molecule has 4 aliphatic carbocycles. The molecule has 1 N–H and O–H groups in total. The molecule has 0 aliphatic heterocycles. The smallest absolute Gasteiger partial charge is 0.387 e. The summed E-state index contributed by atoms with van der Waals surface area (Å²) in [5, 5.41) is 18.5. The highest BCUT2D eigenvalue weighted by Gasteiger charge is 2.53. The maximum atomic E-state index is 10.0. The Balaban J connectivity index is 1.94. The Morgan fingerprint density at radius 3 is 2.00 bits per heavy atom. The third-order valence-corrected chi connectivity index (χ3v) is 4.76. The van der Waals surface area contributed by atoms with Crippen molar-refractivity contribution >= 4 is 0 Å². The minimum atomic E-state index is -0.0268. The summed E-state index contributed by atoms with van der Waals surface area (Å²) in [5.41, 5.74) is -0.0268. The van der Waals surface area contributed by atoms with E-state index in [1.54, 1.807) is 0 Å². The molecule has 0 unspecified atom stereocenters. The minimum absolute atomic E-state index is 0.0268. The number of nitrogens with zero attached hydrogens (tertiary/aromatic N) is 2. The Hall–Kier alpha value is -1.04. The Bertz CT molecular complexity index is 318. The summed E-state index contributed by atoms with van der Waals surface area (Å²) in [4.78, 5) is 2.98. The number of aliphatic hydroxyl groups excluding tert-OH is 1. The van der Waals surface area contributed by atoms with Gasteiger partial charge in [0.25, 0.3) is 0 Å². The van der Waals surface area contributed by atoms with Gasteiger partial charge >= 0.3 is 6.20 Å². The van der Waals surface area contributed by atoms with Crippen LogP contribution < -0.4 is 0 Å². The fourth-order valence-corrected chi connectivity index (χ4v) is 4.62. The number of rotatable bonds is 1. The molecule has 4 bridgehead atoms. The number of hydrogen-bond acceptors (Lipinski definition) is 2. The third-order valence-electron chi connectivity index (χ3n) is 4.76. The van der Waals surface area contributed by atoms with Crippen LogP contribution in [0.4, 0.5) is 0 Å². The van der Waals surface area contributed by atoms with Crippen molar-refractivity contribution < 1.29 is 5.11 Å². The molecule has 80 valence electrons. The van der Waals surface area contributed by atoms with Crippen molar-refractivity contribution in [3.8, 4) is 0 Å². The minimum Gasteiger partial charge on any atom is -0.505 e. The van der Waals surface area contributed by atoms with Crippen LogP contribution in [0.2, 0.25) is 0 Å². The molecule has 0 spiro atoms. The molecule has 4 rings (SSSR count). The normalized spacial score (nSPS) is 47.9. The zero-order valence-electron chi connectivity index (χ0n) is 8.89. The Labute approximate surface area is 89.8 Å². The Morgan fingerprint density at radius 2 is 1.60 bits per heavy atom. The summed E-state index contributed by atoms with van der Waals surface area (Å²) in [6.45, 7) is 0. The summed E-state index contributed by atoms with van der Waals surface area (Å²) in [6.07, 6.45) is 8.66. The van der Waals surface area contributed by atoms with E-state index in [9.17, 15) is 5.11 Å². The van der Waals surface area contributed by atoms with Crippen molar-refractivity contribution in [2.45, 2.75) is 38.5 Å². The molecule has 0 aromatic heterocycles. The lowest BCUT2D eigenvalue weighted by atomic mass is 9.49. The highest BCUT2D eigenvalue weighted by atomic mass is 16.3. The van der Waals surface area contributed by atoms with Crippen LogP contribution in [0.25, 0.3) is 4.98 Å². The van der Waals surface area contributed by atoms with Crippen LogP contribution in [0.3, 0.4) is 0 Å². The summed E-state index contributed by atoms with van der Waals surface area (Å²) < 4.78 is 0. The van der Waals surface area contributed by atoms with Gasteiger partial charge in [0.2, 0.25) is 5.39 Å². The monoisotopic (exact) mass is 205 g/mol. The fraction of sp³-hybridized carbons (Fsp3) is 0.833. The number of allylic oxidation sites excluding steroid dienone is 1. The molecule has 0 atom stereocenters. The molecule has 4 saturated carbocycles. The third kappa shape index (κ3) is 1.27. The van der Waals surface area contributed by atoms with E-state index in [-0.39, 0.29) is 5.41 Å². The lowest BCUT2D eigenvalue weighted by Gasteiger charge is -2.55. The second kappa shape index (κ2) is 2.98. The summed E-state index contributed by atoms with van der Waals surface area (Å²) in [5.74, 6) is 2.76. The van der Waals surface area contributed by atoms with E-state index in [0.29, 0.717) is 5.76 Å². The second-order valence-corrected chi connectivity index (χ2v) is 5.83. The maximum absolute atomic E-state index is 10.0. The number of aliphatic hydroxyl groups is 1. The van der Waals surface area contributed by atoms with E-state index in [4.69, 9.17) is 5.39 Å². The van der Waals surface area contributed by atoms with E-state index < -0.39 is 0 Å². The molecular weight excluding hydrogens is 188 g/mol. The first-order chi connectivity index (χ1) is 7.22. The van der Waals surface area contributed by atoms with Crippen LogP contribution in [0.15, 0.2) is 12.0 Å². The molecule has 3 nitrogen and oxygen atoms in total. The van der Waals surface area contributed by atoms with Gasteiger partial charge in [0.15, 0.2) is 10.7 Å². The molecule has 0 saturated heterocycles. The molecular formula is C12H17N2O+. The zero-order chi connectivity index (χ0) is 10.5. The van der Waals surface area contributed by atoms with Gasteiger partial charge in [-0.25, -0.2) is 0 Å². The summed E-state index contributed by atoms with van der Waals surface area (Å²) >= 11 is 0. The van der Waals surface area contributed by atoms with Crippen molar-refractivity contribution in [2.24, 2.45) is 23.2 Å². The molecule has 0 radical (unpaired) electrons. The predicted molar refractivity (Wildman–Crippen MR) is 56.4 cm³/mol. The molecule has 0 amide bonds. The first-order valence-electron chi connectivity index (χ1n) is 5.96.